The average molecular weight is 356 g/mol. The van der Waals surface area contributed by atoms with Crippen molar-refractivity contribution in [2.45, 2.75) is 6.54 Å². The minimum absolute atomic E-state index is 0.277. The van der Waals surface area contributed by atoms with Crippen LogP contribution < -0.4 is 10.6 Å². The maximum atomic E-state index is 13.6. The maximum Gasteiger partial charge on any atom is 0.255 e. The van der Waals surface area contributed by atoms with E-state index in [1.54, 1.807) is 54.6 Å². The molecule has 0 unspecified atom stereocenters. The third kappa shape index (κ3) is 4.55. The van der Waals surface area contributed by atoms with Crippen LogP contribution in [0.4, 0.5) is 15.9 Å². The Kier molecular flexibility index (Phi) is 5.26. The monoisotopic (exact) mass is 355 g/mol. The largest absolute Gasteiger partial charge is 0.366 e. The molecule has 0 atom stereocenters. The quantitative estimate of drug-likeness (QED) is 0.695. The van der Waals surface area contributed by atoms with Gasteiger partial charge in [-0.3, -0.25) is 4.79 Å². The smallest absolute Gasteiger partial charge is 0.255 e. The molecule has 0 saturated carbocycles. The normalized spacial score (nSPS) is 10.3. The van der Waals surface area contributed by atoms with Gasteiger partial charge in [0.15, 0.2) is 0 Å². The van der Waals surface area contributed by atoms with Crippen LogP contribution >= 0.6 is 11.6 Å². The molecule has 1 heterocycles. The van der Waals surface area contributed by atoms with Gasteiger partial charge in [0.1, 0.15) is 11.6 Å². The number of anilines is 2. The van der Waals surface area contributed by atoms with E-state index in [0.717, 1.165) is 0 Å². The fourth-order valence-electron chi connectivity index (χ4n) is 2.27. The van der Waals surface area contributed by atoms with Crippen molar-refractivity contribution in [2.75, 3.05) is 10.6 Å². The number of nitrogens with zero attached hydrogens (tertiary/aromatic N) is 1. The summed E-state index contributed by atoms with van der Waals surface area (Å²) in [7, 11) is 0. The molecular formula is C19H15ClFN3O. The Morgan fingerprint density at radius 3 is 2.72 bits per heavy atom. The first kappa shape index (κ1) is 16.9. The molecule has 0 fully saturated rings. The van der Waals surface area contributed by atoms with E-state index >= 15 is 0 Å². The van der Waals surface area contributed by atoms with Gasteiger partial charge in [-0.2, -0.15) is 0 Å². The minimum Gasteiger partial charge on any atom is -0.366 e. The van der Waals surface area contributed by atoms with E-state index in [4.69, 9.17) is 11.6 Å². The van der Waals surface area contributed by atoms with Gasteiger partial charge in [0, 0.05) is 34.6 Å². The number of hydrogen-bond acceptors (Lipinski definition) is 3. The molecule has 2 aromatic carbocycles. The molecule has 25 heavy (non-hydrogen) atoms. The number of benzene rings is 2. The van der Waals surface area contributed by atoms with Gasteiger partial charge in [-0.1, -0.05) is 35.9 Å². The van der Waals surface area contributed by atoms with Crippen molar-refractivity contribution in [1.29, 1.82) is 0 Å². The Labute approximate surface area is 149 Å². The number of halogens is 2. The standard InChI is InChI=1S/C19H15ClFN3O/c20-15-5-3-6-16(11-15)24-19(25)13-8-9-22-18(10-13)23-12-14-4-1-2-7-17(14)21/h1-11H,12H2,(H,22,23)(H,24,25). The van der Waals surface area contributed by atoms with Crippen LogP contribution in [0.3, 0.4) is 0 Å². The summed E-state index contributed by atoms with van der Waals surface area (Å²) < 4.78 is 13.6. The van der Waals surface area contributed by atoms with E-state index < -0.39 is 0 Å². The van der Waals surface area contributed by atoms with Crippen LogP contribution in [0.2, 0.25) is 5.02 Å². The molecule has 4 nitrogen and oxygen atoms in total. The van der Waals surface area contributed by atoms with E-state index in [-0.39, 0.29) is 18.3 Å². The summed E-state index contributed by atoms with van der Waals surface area (Å²) in [6, 6.07) is 16.6. The summed E-state index contributed by atoms with van der Waals surface area (Å²) in [6.45, 7) is 0.277. The second kappa shape index (κ2) is 7.77. The number of aromatic nitrogens is 1. The van der Waals surface area contributed by atoms with Crippen molar-refractivity contribution in [3.05, 3.63) is 88.8 Å². The van der Waals surface area contributed by atoms with Crippen molar-refractivity contribution in [1.82, 2.24) is 4.98 Å². The predicted octanol–water partition coefficient (Wildman–Crippen LogP) is 4.74. The first-order valence-electron chi connectivity index (χ1n) is 7.62. The van der Waals surface area contributed by atoms with Crippen LogP contribution in [0.15, 0.2) is 66.9 Å². The lowest BCUT2D eigenvalue weighted by Gasteiger charge is -2.09. The van der Waals surface area contributed by atoms with Gasteiger partial charge in [-0.15, -0.1) is 0 Å². The van der Waals surface area contributed by atoms with E-state index in [2.05, 4.69) is 15.6 Å². The van der Waals surface area contributed by atoms with Gasteiger partial charge in [0.05, 0.1) is 0 Å². The lowest BCUT2D eigenvalue weighted by molar-refractivity contribution is 0.102. The van der Waals surface area contributed by atoms with Gasteiger partial charge in [-0.25, -0.2) is 9.37 Å². The summed E-state index contributed by atoms with van der Waals surface area (Å²) in [5.74, 6) is -0.0783. The van der Waals surface area contributed by atoms with Gasteiger partial charge in [-0.05, 0) is 36.4 Å². The lowest BCUT2D eigenvalue weighted by atomic mass is 10.2. The summed E-state index contributed by atoms with van der Waals surface area (Å²) in [5, 5.41) is 6.33. The molecule has 0 spiro atoms. The van der Waals surface area contributed by atoms with Crippen LogP contribution in [-0.2, 0) is 6.54 Å². The molecule has 3 aromatic rings. The van der Waals surface area contributed by atoms with Gasteiger partial charge >= 0.3 is 0 Å². The molecular weight excluding hydrogens is 341 g/mol. The molecule has 2 N–H and O–H groups in total. The van der Waals surface area contributed by atoms with Crippen molar-refractivity contribution in [2.24, 2.45) is 0 Å². The number of amides is 1. The van der Waals surface area contributed by atoms with Crippen LogP contribution in [0.5, 0.6) is 0 Å². The highest BCUT2D eigenvalue weighted by Gasteiger charge is 2.08. The Hall–Kier alpha value is -2.92. The molecule has 0 saturated heterocycles. The Bertz CT molecular complexity index is 901. The first-order valence-corrected chi connectivity index (χ1v) is 8.00. The fraction of sp³-hybridized carbons (Fsp3) is 0.0526. The van der Waals surface area contributed by atoms with E-state index in [0.29, 0.717) is 27.7 Å². The van der Waals surface area contributed by atoms with E-state index in [1.807, 2.05) is 0 Å². The summed E-state index contributed by atoms with van der Waals surface area (Å²) >= 11 is 5.91. The summed E-state index contributed by atoms with van der Waals surface area (Å²) in [5.41, 5.74) is 1.57. The zero-order valence-corrected chi connectivity index (χ0v) is 13.9. The van der Waals surface area contributed by atoms with Crippen LogP contribution in [0.25, 0.3) is 0 Å². The molecule has 1 amide bonds. The molecule has 0 aliphatic carbocycles. The van der Waals surface area contributed by atoms with Gasteiger partial charge in [0.2, 0.25) is 0 Å². The zero-order valence-electron chi connectivity index (χ0n) is 13.2. The Balaban J connectivity index is 1.68. The molecule has 126 valence electrons. The lowest BCUT2D eigenvalue weighted by Crippen LogP contribution is -2.13. The van der Waals surface area contributed by atoms with E-state index in [1.165, 1.54) is 12.3 Å². The summed E-state index contributed by atoms with van der Waals surface area (Å²) in [6.07, 6.45) is 1.52. The van der Waals surface area contributed by atoms with Crippen LogP contribution in [0, 0.1) is 5.82 Å². The van der Waals surface area contributed by atoms with Crippen molar-refractivity contribution in [3.8, 4) is 0 Å². The second-order valence-corrected chi connectivity index (χ2v) is 5.78. The molecule has 0 aliphatic rings. The molecule has 3 rings (SSSR count). The highest BCUT2D eigenvalue weighted by molar-refractivity contribution is 6.30. The number of hydrogen-bond donors (Lipinski definition) is 2. The fourth-order valence-corrected chi connectivity index (χ4v) is 2.46. The van der Waals surface area contributed by atoms with Crippen molar-refractivity contribution >= 4 is 29.0 Å². The maximum absolute atomic E-state index is 13.6. The molecule has 1 aromatic heterocycles. The van der Waals surface area contributed by atoms with Gasteiger partial charge < -0.3 is 10.6 Å². The Morgan fingerprint density at radius 2 is 1.92 bits per heavy atom. The molecule has 6 heteroatoms. The van der Waals surface area contributed by atoms with Gasteiger partial charge in [0.25, 0.3) is 5.91 Å². The number of rotatable bonds is 5. The highest BCUT2D eigenvalue weighted by Crippen LogP contribution is 2.17. The average Bonchev–Trinajstić information content (AvgIpc) is 2.61. The number of carbonyl (C=O) groups excluding carboxylic acids is 1. The highest BCUT2D eigenvalue weighted by atomic mass is 35.5. The van der Waals surface area contributed by atoms with Crippen LogP contribution in [-0.4, -0.2) is 10.9 Å². The Morgan fingerprint density at radius 1 is 1.08 bits per heavy atom. The second-order valence-electron chi connectivity index (χ2n) is 5.34. The summed E-state index contributed by atoms with van der Waals surface area (Å²) in [4.78, 5) is 16.5. The van der Waals surface area contributed by atoms with Crippen molar-refractivity contribution in [3.63, 3.8) is 0 Å². The van der Waals surface area contributed by atoms with Crippen LogP contribution in [0.1, 0.15) is 15.9 Å². The van der Waals surface area contributed by atoms with E-state index in [9.17, 15) is 9.18 Å². The third-order valence-corrected chi connectivity index (χ3v) is 3.76. The third-order valence-electron chi connectivity index (χ3n) is 3.52. The number of nitrogens with one attached hydrogen (secondary N) is 2. The molecule has 0 bridgehead atoms. The predicted molar refractivity (Wildman–Crippen MR) is 97.4 cm³/mol. The SMILES string of the molecule is O=C(Nc1cccc(Cl)c1)c1ccnc(NCc2ccccc2F)c1. The zero-order chi connectivity index (χ0) is 17.6. The number of pyridine rings is 1. The topological polar surface area (TPSA) is 54.0 Å². The first-order chi connectivity index (χ1) is 12.1. The molecule has 0 aliphatic heterocycles. The number of carbonyl (C=O) groups is 1. The molecule has 0 radical (unpaired) electrons. The van der Waals surface area contributed by atoms with Crippen molar-refractivity contribution < 1.29 is 9.18 Å². The minimum atomic E-state index is -0.287.